The summed E-state index contributed by atoms with van der Waals surface area (Å²) in [6.07, 6.45) is 5.23. The van der Waals surface area contributed by atoms with Crippen molar-refractivity contribution in [2.75, 3.05) is 11.9 Å². The smallest absolute Gasteiger partial charge is 0.243 e. The third-order valence-corrected chi connectivity index (χ3v) is 2.78. The summed E-state index contributed by atoms with van der Waals surface area (Å²) in [4.78, 5) is 19.8. The van der Waals surface area contributed by atoms with Gasteiger partial charge in [0.1, 0.15) is 0 Å². The summed E-state index contributed by atoms with van der Waals surface area (Å²) in [5.41, 5.74) is 0. The molecule has 1 fully saturated rings. The van der Waals surface area contributed by atoms with Gasteiger partial charge in [-0.15, -0.1) is 0 Å². The number of hydrogen-bond donors (Lipinski definition) is 2. The van der Waals surface area contributed by atoms with E-state index in [-0.39, 0.29) is 11.9 Å². The molecule has 1 aromatic rings. The van der Waals surface area contributed by atoms with Crippen molar-refractivity contribution in [2.24, 2.45) is 5.92 Å². The lowest BCUT2D eigenvalue weighted by Crippen LogP contribution is -2.45. The van der Waals surface area contributed by atoms with E-state index in [1.54, 1.807) is 18.5 Å². The number of hydrogen-bond acceptors (Lipinski definition) is 4. The molecule has 2 atom stereocenters. The molecule has 0 aliphatic carbocycles. The largest absolute Gasteiger partial charge is 0.306 e. The van der Waals surface area contributed by atoms with Crippen LogP contribution in [0.15, 0.2) is 18.5 Å². The van der Waals surface area contributed by atoms with Crippen LogP contribution in [0.2, 0.25) is 0 Å². The number of amides is 1. The number of nitrogens with zero attached hydrogens (tertiary/aromatic N) is 2. The summed E-state index contributed by atoms with van der Waals surface area (Å²) in [6.45, 7) is 3.06. The van der Waals surface area contributed by atoms with Crippen molar-refractivity contribution >= 4 is 11.9 Å². The molecule has 2 rings (SSSR count). The van der Waals surface area contributed by atoms with Crippen molar-refractivity contribution in [1.29, 1.82) is 0 Å². The third kappa shape index (κ3) is 2.76. The lowest BCUT2D eigenvalue weighted by Gasteiger charge is -2.26. The van der Waals surface area contributed by atoms with E-state index >= 15 is 0 Å². The van der Waals surface area contributed by atoms with Crippen LogP contribution in [0.25, 0.3) is 0 Å². The Morgan fingerprint density at radius 3 is 2.94 bits per heavy atom. The van der Waals surface area contributed by atoms with Gasteiger partial charge in [0.15, 0.2) is 0 Å². The molecular formula is C11H16N4O. The maximum absolute atomic E-state index is 11.9. The number of nitrogens with one attached hydrogen (secondary N) is 2. The Hall–Kier alpha value is -1.49. The van der Waals surface area contributed by atoms with Crippen LogP contribution in [-0.2, 0) is 4.79 Å². The number of aromatic nitrogens is 2. The Labute approximate surface area is 94.7 Å². The molecule has 1 aromatic heterocycles. The molecule has 1 aliphatic heterocycles. The van der Waals surface area contributed by atoms with Crippen LogP contribution in [0.5, 0.6) is 0 Å². The predicted octanol–water partition coefficient (Wildman–Crippen LogP) is 0.803. The molecular weight excluding hydrogens is 204 g/mol. The summed E-state index contributed by atoms with van der Waals surface area (Å²) < 4.78 is 0. The quantitative estimate of drug-likeness (QED) is 0.773. The number of anilines is 1. The molecule has 16 heavy (non-hydrogen) atoms. The second-order valence-corrected chi connectivity index (χ2v) is 4.20. The molecule has 2 unspecified atom stereocenters. The van der Waals surface area contributed by atoms with Crippen LogP contribution in [-0.4, -0.2) is 28.5 Å². The van der Waals surface area contributed by atoms with E-state index in [9.17, 15) is 4.79 Å². The van der Waals surface area contributed by atoms with Gasteiger partial charge in [0, 0.05) is 12.4 Å². The van der Waals surface area contributed by atoms with Crippen LogP contribution >= 0.6 is 0 Å². The second kappa shape index (κ2) is 5.03. The molecule has 86 valence electrons. The Morgan fingerprint density at radius 2 is 2.25 bits per heavy atom. The highest BCUT2D eigenvalue weighted by Crippen LogP contribution is 2.15. The zero-order valence-corrected chi connectivity index (χ0v) is 9.31. The molecule has 0 aromatic carbocycles. The fraction of sp³-hybridized carbons (Fsp3) is 0.545. The van der Waals surface area contributed by atoms with E-state index in [4.69, 9.17) is 0 Å². The summed E-state index contributed by atoms with van der Waals surface area (Å²) in [7, 11) is 0. The minimum absolute atomic E-state index is 0.0437. The highest BCUT2D eigenvalue weighted by atomic mass is 16.2. The van der Waals surface area contributed by atoms with E-state index in [1.807, 2.05) is 0 Å². The first-order valence-corrected chi connectivity index (χ1v) is 5.57. The van der Waals surface area contributed by atoms with Gasteiger partial charge in [-0.2, -0.15) is 0 Å². The van der Waals surface area contributed by atoms with Gasteiger partial charge in [-0.1, -0.05) is 6.92 Å². The molecule has 0 bridgehead atoms. The SMILES string of the molecule is CC1CCNC(C(=O)Nc2ncccn2)C1. The highest BCUT2D eigenvalue weighted by molar-refractivity contribution is 5.93. The maximum Gasteiger partial charge on any atom is 0.243 e. The molecule has 5 heteroatoms. The van der Waals surface area contributed by atoms with Crippen LogP contribution in [0.4, 0.5) is 5.95 Å². The normalized spacial score (nSPS) is 25.1. The fourth-order valence-corrected chi connectivity index (χ4v) is 1.87. The predicted molar refractivity (Wildman–Crippen MR) is 60.9 cm³/mol. The Morgan fingerprint density at radius 1 is 1.50 bits per heavy atom. The van der Waals surface area contributed by atoms with Gasteiger partial charge in [-0.25, -0.2) is 9.97 Å². The summed E-state index contributed by atoms with van der Waals surface area (Å²) >= 11 is 0. The van der Waals surface area contributed by atoms with E-state index in [1.165, 1.54) is 0 Å². The topological polar surface area (TPSA) is 66.9 Å². The molecule has 0 radical (unpaired) electrons. The average molecular weight is 220 g/mol. The molecule has 0 spiro atoms. The summed E-state index contributed by atoms with van der Waals surface area (Å²) in [5, 5.41) is 5.91. The van der Waals surface area contributed by atoms with Gasteiger partial charge in [0.05, 0.1) is 6.04 Å². The number of piperidine rings is 1. The van der Waals surface area contributed by atoms with Gasteiger partial charge in [-0.3, -0.25) is 10.1 Å². The van der Waals surface area contributed by atoms with E-state index in [0.717, 1.165) is 19.4 Å². The van der Waals surface area contributed by atoms with E-state index in [2.05, 4.69) is 27.5 Å². The second-order valence-electron chi connectivity index (χ2n) is 4.20. The van der Waals surface area contributed by atoms with Crippen molar-refractivity contribution in [3.8, 4) is 0 Å². The maximum atomic E-state index is 11.9. The van der Waals surface area contributed by atoms with Crippen molar-refractivity contribution in [2.45, 2.75) is 25.8 Å². The number of rotatable bonds is 2. The van der Waals surface area contributed by atoms with Crippen molar-refractivity contribution < 1.29 is 4.79 Å². The van der Waals surface area contributed by atoms with Crippen LogP contribution in [0.1, 0.15) is 19.8 Å². The Kier molecular flexibility index (Phi) is 3.46. The van der Waals surface area contributed by atoms with Gasteiger partial charge in [0.25, 0.3) is 0 Å². The van der Waals surface area contributed by atoms with Gasteiger partial charge in [0.2, 0.25) is 11.9 Å². The standard InChI is InChI=1S/C11H16N4O/c1-8-3-6-12-9(7-8)10(16)15-11-13-4-2-5-14-11/h2,4-5,8-9,12H,3,6-7H2,1H3,(H,13,14,15,16). The van der Waals surface area contributed by atoms with E-state index < -0.39 is 0 Å². The first kappa shape index (κ1) is 11.0. The minimum atomic E-state index is -0.118. The molecule has 2 heterocycles. The molecule has 1 amide bonds. The zero-order valence-electron chi connectivity index (χ0n) is 9.31. The monoisotopic (exact) mass is 220 g/mol. The fourth-order valence-electron chi connectivity index (χ4n) is 1.87. The molecule has 5 nitrogen and oxygen atoms in total. The first-order chi connectivity index (χ1) is 7.75. The Bertz CT molecular complexity index is 354. The molecule has 1 saturated heterocycles. The lowest BCUT2D eigenvalue weighted by atomic mass is 9.94. The van der Waals surface area contributed by atoms with Crippen LogP contribution in [0.3, 0.4) is 0 Å². The van der Waals surface area contributed by atoms with Crippen LogP contribution in [0, 0.1) is 5.92 Å². The van der Waals surface area contributed by atoms with Crippen LogP contribution < -0.4 is 10.6 Å². The number of carbonyl (C=O) groups is 1. The van der Waals surface area contributed by atoms with Crippen molar-refractivity contribution in [3.05, 3.63) is 18.5 Å². The summed E-state index contributed by atoms with van der Waals surface area (Å²) in [5.74, 6) is 0.916. The molecule has 0 saturated carbocycles. The third-order valence-electron chi connectivity index (χ3n) is 2.78. The summed E-state index contributed by atoms with van der Waals surface area (Å²) in [6, 6.07) is 1.60. The highest BCUT2D eigenvalue weighted by Gasteiger charge is 2.24. The van der Waals surface area contributed by atoms with Gasteiger partial charge >= 0.3 is 0 Å². The van der Waals surface area contributed by atoms with Gasteiger partial charge < -0.3 is 5.32 Å². The zero-order chi connectivity index (χ0) is 11.4. The molecule has 1 aliphatic rings. The van der Waals surface area contributed by atoms with E-state index in [0.29, 0.717) is 11.9 Å². The first-order valence-electron chi connectivity index (χ1n) is 5.57. The number of carbonyl (C=O) groups excluding carboxylic acids is 1. The lowest BCUT2D eigenvalue weighted by molar-refractivity contribution is -0.119. The Balaban J connectivity index is 1.93. The van der Waals surface area contributed by atoms with Crippen molar-refractivity contribution in [3.63, 3.8) is 0 Å². The molecule has 2 N–H and O–H groups in total. The van der Waals surface area contributed by atoms with Gasteiger partial charge in [-0.05, 0) is 31.4 Å². The average Bonchev–Trinajstić information content (AvgIpc) is 2.30. The van der Waals surface area contributed by atoms with Crippen molar-refractivity contribution in [1.82, 2.24) is 15.3 Å². The minimum Gasteiger partial charge on any atom is -0.306 e.